The van der Waals surface area contributed by atoms with Gasteiger partial charge in [-0.1, -0.05) is 6.07 Å². The molecule has 1 aromatic carbocycles. The normalized spacial score (nSPS) is 10.9. The quantitative estimate of drug-likeness (QED) is 0.656. The Morgan fingerprint density at radius 1 is 1.29 bits per heavy atom. The molecule has 7 nitrogen and oxygen atoms in total. The SMILES string of the molecule is CNC(=O)c1cccc(S(=O)(=O)O)c1C(=O)O. The first-order valence-corrected chi connectivity index (χ1v) is 5.79. The fourth-order valence-electron chi connectivity index (χ4n) is 1.29. The van der Waals surface area contributed by atoms with Crippen LogP contribution in [0.25, 0.3) is 0 Å². The van der Waals surface area contributed by atoms with Crippen molar-refractivity contribution in [3.63, 3.8) is 0 Å². The smallest absolute Gasteiger partial charge is 0.337 e. The second kappa shape index (κ2) is 4.52. The zero-order valence-electron chi connectivity index (χ0n) is 8.67. The van der Waals surface area contributed by atoms with Gasteiger partial charge >= 0.3 is 5.97 Å². The molecule has 0 aliphatic rings. The van der Waals surface area contributed by atoms with Gasteiger partial charge in [0.25, 0.3) is 16.0 Å². The van der Waals surface area contributed by atoms with E-state index in [4.69, 9.17) is 9.66 Å². The zero-order valence-corrected chi connectivity index (χ0v) is 9.48. The number of aromatic carboxylic acids is 1. The summed E-state index contributed by atoms with van der Waals surface area (Å²) in [6.07, 6.45) is 0. The third kappa shape index (κ3) is 2.60. The minimum atomic E-state index is -4.70. The fraction of sp³-hybridized carbons (Fsp3) is 0.111. The number of carbonyl (C=O) groups excluding carboxylic acids is 1. The van der Waals surface area contributed by atoms with E-state index in [1.54, 1.807) is 0 Å². The van der Waals surface area contributed by atoms with Crippen molar-refractivity contribution in [1.82, 2.24) is 5.32 Å². The number of hydrogen-bond donors (Lipinski definition) is 3. The Morgan fingerprint density at radius 2 is 1.88 bits per heavy atom. The largest absolute Gasteiger partial charge is 0.478 e. The summed E-state index contributed by atoms with van der Waals surface area (Å²) in [7, 11) is -3.43. The molecule has 0 aliphatic carbocycles. The minimum absolute atomic E-state index is 0.338. The predicted molar refractivity (Wildman–Crippen MR) is 56.6 cm³/mol. The van der Waals surface area contributed by atoms with Crippen molar-refractivity contribution in [2.45, 2.75) is 4.90 Å². The van der Waals surface area contributed by atoms with E-state index in [-0.39, 0.29) is 5.56 Å². The Kier molecular flexibility index (Phi) is 3.49. The summed E-state index contributed by atoms with van der Waals surface area (Å²) in [6, 6.07) is 3.22. The highest BCUT2D eigenvalue weighted by atomic mass is 32.2. The van der Waals surface area contributed by atoms with E-state index >= 15 is 0 Å². The van der Waals surface area contributed by atoms with Crippen LogP contribution in [-0.4, -0.2) is 37.0 Å². The maximum absolute atomic E-state index is 11.4. The fourth-order valence-corrected chi connectivity index (χ4v) is 2.00. The molecule has 17 heavy (non-hydrogen) atoms. The van der Waals surface area contributed by atoms with Crippen molar-refractivity contribution in [2.75, 3.05) is 7.05 Å². The van der Waals surface area contributed by atoms with Gasteiger partial charge in [0, 0.05) is 7.05 Å². The first-order valence-electron chi connectivity index (χ1n) is 4.35. The highest BCUT2D eigenvalue weighted by Gasteiger charge is 2.25. The van der Waals surface area contributed by atoms with E-state index in [0.717, 1.165) is 12.1 Å². The lowest BCUT2D eigenvalue weighted by molar-refractivity contribution is 0.0686. The maximum atomic E-state index is 11.4. The average molecular weight is 259 g/mol. The number of nitrogens with one attached hydrogen (secondary N) is 1. The highest BCUT2D eigenvalue weighted by molar-refractivity contribution is 7.86. The van der Waals surface area contributed by atoms with Crippen molar-refractivity contribution >= 4 is 22.0 Å². The molecule has 3 N–H and O–H groups in total. The summed E-state index contributed by atoms with van der Waals surface area (Å²) in [5.74, 6) is -2.37. The number of hydrogen-bond acceptors (Lipinski definition) is 4. The second-order valence-corrected chi connectivity index (χ2v) is 4.43. The van der Waals surface area contributed by atoms with E-state index in [2.05, 4.69) is 5.32 Å². The van der Waals surface area contributed by atoms with E-state index in [1.807, 2.05) is 0 Å². The van der Waals surface area contributed by atoms with Gasteiger partial charge < -0.3 is 10.4 Å². The van der Waals surface area contributed by atoms with Crippen LogP contribution in [0.2, 0.25) is 0 Å². The molecule has 0 heterocycles. The van der Waals surface area contributed by atoms with Crippen LogP contribution in [0.1, 0.15) is 20.7 Å². The monoisotopic (exact) mass is 259 g/mol. The Morgan fingerprint density at radius 3 is 2.29 bits per heavy atom. The Labute approximate surface area is 96.8 Å². The Balaban J connectivity index is 3.66. The predicted octanol–water partition coefficient (Wildman–Crippen LogP) is -0.00890. The molecule has 0 fully saturated rings. The molecule has 0 bridgehead atoms. The molecule has 1 amide bonds. The molecule has 0 radical (unpaired) electrons. The summed E-state index contributed by atoms with van der Waals surface area (Å²) < 4.78 is 30.8. The summed E-state index contributed by atoms with van der Waals surface area (Å²) in [4.78, 5) is 21.5. The second-order valence-electron chi connectivity index (χ2n) is 3.04. The van der Waals surface area contributed by atoms with Gasteiger partial charge in [0.15, 0.2) is 0 Å². The van der Waals surface area contributed by atoms with Gasteiger partial charge in [0.1, 0.15) is 4.90 Å². The van der Waals surface area contributed by atoms with E-state index in [9.17, 15) is 18.0 Å². The van der Waals surface area contributed by atoms with Crippen molar-refractivity contribution in [3.8, 4) is 0 Å². The maximum Gasteiger partial charge on any atom is 0.337 e. The van der Waals surface area contributed by atoms with Gasteiger partial charge in [-0.3, -0.25) is 9.35 Å². The van der Waals surface area contributed by atoms with Gasteiger partial charge in [-0.2, -0.15) is 8.42 Å². The molecule has 0 saturated heterocycles. The van der Waals surface area contributed by atoms with Crippen molar-refractivity contribution in [1.29, 1.82) is 0 Å². The van der Waals surface area contributed by atoms with Crippen LogP contribution in [0.5, 0.6) is 0 Å². The molecule has 1 rings (SSSR count). The molecule has 92 valence electrons. The van der Waals surface area contributed by atoms with Crippen LogP contribution in [0, 0.1) is 0 Å². The van der Waals surface area contributed by atoms with Gasteiger partial charge in [-0.05, 0) is 12.1 Å². The van der Waals surface area contributed by atoms with Gasteiger partial charge in [0.05, 0.1) is 11.1 Å². The Bertz CT molecular complexity index is 577. The molecule has 1 aromatic rings. The van der Waals surface area contributed by atoms with Crippen LogP contribution in [-0.2, 0) is 10.1 Å². The number of rotatable bonds is 3. The van der Waals surface area contributed by atoms with Crippen LogP contribution < -0.4 is 5.32 Å². The van der Waals surface area contributed by atoms with Crippen molar-refractivity contribution in [2.24, 2.45) is 0 Å². The van der Waals surface area contributed by atoms with Gasteiger partial charge in [-0.15, -0.1) is 0 Å². The molecule has 0 saturated carbocycles. The Hall–Kier alpha value is -1.93. The summed E-state index contributed by atoms with van der Waals surface area (Å²) in [6.45, 7) is 0. The molecule has 0 aromatic heterocycles. The van der Waals surface area contributed by atoms with Crippen LogP contribution in [0.15, 0.2) is 23.1 Å². The molecule has 0 atom stereocenters. The first kappa shape index (κ1) is 13.1. The van der Waals surface area contributed by atoms with Crippen molar-refractivity contribution < 1.29 is 27.7 Å². The van der Waals surface area contributed by atoms with E-state index in [1.165, 1.54) is 13.1 Å². The number of amides is 1. The molecule has 0 spiro atoms. The molecule has 0 unspecified atom stereocenters. The average Bonchev–Trinajstić information content (AvgIpc) is 2.25. The van der Waals surface area contributed by atoms with E-state index < -0.39 is 32.5 Å². The topological polar surface area (TPSA) is 121 Å². The summed E-state index contributed by atoms with van der Waals surface area (Å²) in [5, 5.41) is 11.1. The molecular formula is C9H9NO6S. The lowest BCUT2D eigenvalue weighted by atomic mass is 10.1. The number of benzene rings is 1. The molecule has 8 heteroatoms. The number of carbonyl (C=O) groups is 2. The van der Waals surface area contributed by atoms with Crippen LogP contribution >= 0.6 is 0 Å². The number of carboxylic acids is 1. The first-order chi connectivity index (χ1) is 7.79. The third-order valence-electron chi connectivity index (χ3n) is 1.99. The number of carboxylic acid groups (broad SMARTS) is 1. The van der Waals surface area contributed by atoms with E-state index in [0.29, 0.717) is 0 Å². The lowest BCUT2D eigenvalue weighted by Gasteiger charge is -2.08. The standard InChI is InChI=1S/C9H9NO6S/c1-10-8(11)5-3-2-4-6(17(14,15)16)7(5)9(12)13/h2-4H,1H3,(H,10,11)(H,12,13)(H,14,15,16). The lowest BCUT2D eigenvalue weighted by Crippen LogP contribution is -2.22. The van der Waals surface area contributed by atoms with Gasteiger partial charge in [0.2, 0.25) is 0 Å². The molecular weight excluding hydrogens is 250 g/mol. The van der Waals surface area contributed by atoms with Crippen molar-refractivity contribution in [3.05, 3.63) is 29.3 Å². The van der Waals surface area contributed by atoms with Crippen LogP contribution in [0.3, 0.4) is 0 Å². The minimum Gasteiger partial charge on any atom is -0.478 e. The van der Waals surface area contributed by atoms with Crippen LogP contribution in [0.4, 0.5) is 0 Å². The third-order valence-corrected chi connectivity index (χ3v) is 2.89. The summed E-state index contributed by atoms with van der Waals surface area (Å²) in [5.41, 5.74) is -1.09. The summed E-state index contributed by atoms with van der Waals surface area (Å²) >= 11 is 0. The molecule has 0 aliphatic heterocycles. The van der Waals surface area contributed by atoms with Gasteiger partial charge in [-0.25, -0.2) is 4.79 Å². The highest BCUT2D eigenvalue weighted by Crippen LogP contribution is 2.19. The zero-order chi connectivity index (χ0) is 13.2.